The highest BCUT2D eigenvalue weighted by molar-refractivity contribution is 7.89. The SMILES string of the molecule is CNC(=O)[C@@H]1CN(S(=O)(=O)c2cc(F)ccc2C)C[C@H]1C1CCN(C)CC1. The molecule has 150 valence electrons. The van der Waals surface area contributed by atoms with Crippen molar-refractivity contribution in [2.75, 3.05) is 40.3 Å². The first-order valence-corrected chi connectivity index (χ1v) is 10.8. The molecule has 0 bridgehead atoms. The molecule has 1 aromatic rings. The highest BCUT2D eigenvalue weighted by Crippen LogP contribution is 2.38. The smallest absolute Gasteiger partial charge is 0.243 e. The molecule has 0 aliphatic carbocycles. The Morgan fingerprint density at radius 2 is 1.89 bits per heavy atom. The van der Waals surface area contributed by atoms with Crippen molar-refractivity contribution in [3.63, 3.8) is 0 Å². The number of amides is 1. The molecule has 27 heavy (non-hydrogen) atoms. The fourth-order valence-electron chi connectivity index (χ4n) is 4.38. The summed E-state index contributed by atoms with van der Waals surface area (Å²) in [6.07, 6.45) is 1.92. The standard InChI is InChI=1S/C19H28FN3O3S/c1-13-4-5-15(20)10-18(13)27(25,26)23-11-16(17(12-23)19(24)21-2)14-6-8-22(3)9-7-14/h4-5,10,14,16-17H,6-9,11-12H2,1-3H3,(H,21,24)/t16-,17+/m0/s1. The van der Waals surface area contributed by atoms with Crippen molar-refractivity contribution in [3.05, 3.63) is 29.6 Å². The number of aryl methyl sites for hydroxylation is 1. The Balaban J connectivity index is 1.88. The number of likely N-dealkylation sites (tertiary alicyclic amines) is 1. The molecule has 0 spiro atoms. The summed E-state index contributed by atoms with van der Waals surface area (Å²) in [4.78, 5) is 14.7. The van der Waals surface area contributed by atoms with Gasteiger partial charge in [-0.3, -0.25) is 4.79 Å². The number of nitrogens with zero attached hydrogens (tertiary/aromatic N) is 2. The minimum Gasteiger partial charge on any atom is -0.359 e. The number of nitrogens with one attached hydrogen (secondary N) is 1. The highest BCUT2D eigenvalue weighted by Gasteiger charge is 2.46. The minimum atomic E-state index is -3.85. The highest BCUT2D eigenvalue weighted by atomic mass is 32.2. The largest absolute Gasteiger partial charge is 0.359 e. The first-order chi connectivity index (χ1) is 12.7. The molecule has 2 aliphatic heterocycles. The molecule has 2 aliphatic rings. The molecule has 2 heterocycles. The summed E-state index contributed by atoms with van der Waals surface area (Å²) < 4.78 is 41.4. The van der Waals surface area contributed by atoms with E-state index < -0.39 is 15.8 Å². The van der Waals surface area contributed by atoms with E-state index in [4.69, 9.17) is 0 Å². The average molecular weight is 398 g/mol. The molecule has 0 saturated carbocycles. The first kappa shape index (κ1) is 20.2. The van der Waals surface area contributed by atoms with Crippen LogP contribution in [-0.2, 0) is 14.8 Å². The van der Waals surface area contributed by atoms with Crippen LogP contribution in [0.2, 0.25) is 0 Å². The van der Waals surface area contributed by atoms with Crippen molar-refractivity contribution in [1.29, 1.82) is 0 Å². The topological polar surface area (TPSA) is 69.7 Å². The fourth-order valence-corrected chi connectivity index (χ4v) is 6.12. The number of rotatable bonds is 4. The molecule has 1 N–H and O–H groups in total. The molecule has 2 fully saturated rings. The Labute approximate surface area is 160 Å². The average Bonchev–Trinajstić information content (AvgIpc) is 3.10. The Morgan fingerprint density at radius 3 is 2.52 bits per heavy atom. The van der Waals surface area contributed by atoms with Crippen molar-refractivity contribution in [1.82, 2.24) is 14.5 Å². The van der Waals surface area contributed by atoms with Gasteiger partial charge in [0.1, 0.15) is 5.82 Å². The van der Waals surface area contributed by atoms with E-state index in [1.165, 1.54) is 16.4 Å². The van der Waals surface area contributed by atoms with Crippen LogP contribution in [-0.4, -0.2) is 63.8 Å². The maximum atomic E-state index is 13.7. The van der Waals surface area contributed by atoms with Gasteiger partial charge in [0.25, 0.3) is 0 Å². The van der Waals surface area contributed by atoms with Crippen LogP contribution in [0, 0.1) is 30.5 Å². The number of piperidine rings is 1. The Hall–Kier alpha value is -1.51. The van der Waals surface area contributed by atoms with Gasteiger partial charge in [-0.2, -0.15) is 4.31 Å². The lowest BCUT2D eigenvalue weighted by Crippen LogP contribution is -2.39. The van der Waals surface area contributed by atoms with Gasteiger partial charge >= 0.3 is 0 Å². The predicted octanol–water partition coefficient (Wildman–Crippen LogP) is 1.46. The zero-order valence-corrected chi connectivity index (χ0v) is 16.9. The van der Waals surface area contributed by atoms with E-state index in [9.17, 15) is 17.6 Å². The number of carbonyl (C=O) groups excluding carboxylic acids is 1. The molecule has 0 aromatic heterocycles. The van der Waals surface area contributed by atoms with Crippen molar-refractivity contribution in [3.8, 4) is 0 Å². The minimum absolute atomic E-state index is 0.0118. The molecule has 3 rings (SSSR count). The molecule has 6 nitrogen and oxygen atoms in total. The summed E-state index contributed by atoms with van der Waals surface area (Å²) in [6, 6.07) is 3.80. The van der Waals surface area contributed by atoms with Gasteiger partial charge in [-0.15, -0.1) is 0 Å². The van der Waals surface area contributed by atoms with Gasteiger partial charge in [-0.05, 0) is 69.4 Å². The van der Waals surface area contributed by atoms with Gasteiger partial charge < -0.3 is 10.2 Å². The Morgan fingerprint density at radius 1 is 1.22 bits per heavy atom. The van der Waals surface area contributed by atoms with E-state index in [1.54, 1.807) is 14.0 Å². The predicted molar refractivity (Wildman–Crippen MR) is 101 cm³/mol. The summed E-state index contributed by atoms with van der Waals surface area (Å²) in [6.45, 7) is 4.03. The maximum Gasteiger partial charge on any atom is 0.243 e. The van der Waals surface area contributed by atoms with Crippen LogP contribution >= 0.6 is 0 Å². The van der Waals surface area contributed by atoms with Gasteiger partial charge in [0.2, 0.25) is 15.9 Å². The number of carbonyl (C=O) groups is 1. The Kier molecular flexibility index (Phi) is 5.88. The third kappa shape index (κ3) is 4.02. The molecule has 1 aromatic carbocycles. The van der Waals surface area contributed by atoms with Gasteiger partial charge in [0.05, 0.1) is 10.8 Å². The van der Waals surface area contributed by atoms with Crippen LogP contribution in [0.1, 0.15) is 18.4 Å². The van der Waals surface area contributed by atoms with Crippen molar-refractivity contribution < 1.29 is 17.6 Å². The van der Waals surface area contributed by atoms with E-state index in [0.29, 0.717) is 18.0 Å². The van der Waals surface area contributed by atoms with E-state index in [2.05, 4.69) is 17.3 Å². The summed E-state index contributed by atoms with van der Waals surface area (Å²) in [5, 5.41) is 2.69. The summed E-state index contributed by atoms with van der Waals surface area (Å²) in [5.74, 6) is -0.757. The lowest BCUT2D eigenvalue weighted by atomic mass is 9.78. The first-order valence-electron chi connectivity index (χ1n) is 9.40. The monoisotopic (exact) mass is 397 g/mol. The summed E-state index contributed by atoms with van der Waals surface area (Å²) in [5.41, 5.74) is 0.510. The number of sulfonamides is 1. The van der Waals surface area contributed by atoms with Gasteiger partial charge in [0.15, 0.2) is 0 Å². The molecular weight excluding hydrogens is 369 g/mol. The van der Waals surface area contributed by atoms with Gasteiger partial charge in [-0.25, -0.2) is 12.8 Å². The molecule has 1 amide bonds. The third-order valence-corrected chi connectivity index (χ3v) is 8.03. The fraction of sp³-hybridized carbons (Fsp3) is 0.632. The zero-order chi connectivity index (χ0) is 19.8. The summed E-state index contributed by atoms with van der Waals surface area (Å²) >= 11 is 0. The molecular formula is C19H28FN3O3S. The molecule has 0 unspecified atom stereocenters. The zero-order valence-electron chi connectivity index (χ0n) is 16.1. The number of hydrogen-bond donors (Lipinski definition) is 1. The van der Waals surface area contributed by atoms with Crippen LogP contribution in [0.4, 0.5) is 4.39 Å². The lowest BCUT2D eigenvalue weighted by molar-refractivity contribution is -0.125. The van der Waals surface area contributed by atoms with E-state index in [0.717, 1.165) is 32.0 Å². The van der Waals surface area contributed by atoms with E-state index in [1.807, 2.05) is 0 Å². The van der Waals surface area contributed by atoms with Crippen LogP contribution in [0.25, 0.3) is 0 Å². The quantitative estimate of drug-likeness (QED) is 0.835. The Bertz CT molecular complexity index is 806. The molecule has 2 atom stereocenters. The van der Waals surface area contributed by atoms with Crippen molar-refractivity contribution in [2.45, 2.75) is 24.7 Å². The second-order valence-corrected chi connectivity index (χ2v) is 9.66. The van der Waals surface area contributed by atoms with Gasteiger partial charge in [-0.1, -0.05) is 6.07 Å². The van der Waals surface area contributed by atoms with Crippen molar-refractivity contribution in [2.24, 2.45) is 17.8 Å². The number of halogens is 1. The van der Waals surface area contributed by atoms with Gasteiger partial charge in [0, 0.05) is 20.1 Å². The normalized spacial score (nSPS) is 25.6. The van der Waals surface area contributed by atoms with Crippen LogP contribution < -0.4 is 5.32 Å². The van der Waals surface area contributed by atoms with Crippen LogP contribution in [0.5, 0.6) is 0 Å². The van der Waals surface area contributed by atoms with E-state index >= 15 is 0 Å². The second-order valence-electron chi connectivity index (χ2n) is 7.76. The van der Waals surface area contributed by atoms with Crippen LogP contribution in [0.3, 0.4) is 0 Å². The number of benzene rings is 1. The van der Waals surface area contributed by atoms with Crippen LogP contribution in [0.15, 0.2) is 23.1 Å². The molecule has 8 heteroatoms. The summed E-state index contributed by atoms with van der Waals surface area (Å²) in [7, 11) is -0.187. The third-order valence-electron chi connectivity index (χ3n) is 6.05. The maximum absolute atomic E-state index is 13.7. The molecule has 0 radical (unpaired) electrons. The lowest BCUT2D eigenvalue weighted by Gasteiger charge is -2.34. The second kappa shape index (κ2) is 7.85. The number of hydrogen-bond acceptors (Lipinski definition) is 4. The molecule has 2 saturated heterocycles. The van der Waals surface area contributed by atoms with E-state index in [-0.39, 0.29) is 29.2 Å². The van der Waals surface area contributed by atoms with Crippen molar-refractivity contribution >= 4 is 15.9 Å².